The maximum absolute atomic E-state index is 10.2. The van der Waals surface area contributed by atoms with Crippen LogP contribution in [0.2, 0.25) is 0 Å². The van der Waals surface area contributed by atoms with Gasteiger partial charge < -0.3 is 10.8 Å². The van der Waals surface area contributed by atoms with Gasteiger partial charge in [0.05, 0.1) is 0 Å². The molecule has 0 aromatic carbocycles. The smallest absolute Gasteiger partial charge is 0.323 e. The number of hydrogen-bond acceptors (Lipinski definition) is 2. The highest BCUT2D eigenvalue weighted by Gasteiger charge is 2.54. The quantitative estimate of drug-likeness (QED) is 0.497. The Labute approximate surface area is 47.5 Å². The molecule has 1 unspecified atom stereocenters. The third-order valence-electron chi connectivity index (χ3n) is 1.76. The predicted molar refractivity (Wildman–Crippen MR) is 28.3 cm³/mol. The van der Waals surface area contributed by atoms with Crippen LogP contribution in [0.5, 0.6) is 0 Å². The summed E-state index contributed by atoms with van der Waals surface area (Å²) >= 11 is 0. The second-order valence-electron chi connectivity index (χ2n) is 2.45. The van der Waals surface area contributed by atoms with Gasteiger partial charge in [-0.3, -0.25) is 4.79 Å². The van der Waals surface area contributed by atoms with Crippen LogP contribution in [0.15, 0.2) is 0 Å². The fourth-order valence-corrected chi connectivity index (χ4v) is 0.746. The molecule has 1 aliphatic carbocycles. The van der Waals surface area contributed by atoms with E-state index in [1.54, 1.807) is 0 Å². The molecule has 1 saturated carbocycles. The maximum Gasteiger partial charge on any atom is 0.323 e. The summed E-state index contributed by atoms with van der Waals surface area (Å²) in [7, 11) is 0. The van der Waals surface area contributed by atoms with Crippen molar-refractivity contribution in [3.8, 4) is 0 Å². The molecule has 0 amide bonds. The molecule has 0 bridgehead atoms. The van der Waals surface area contributed by atoms with Crippen LogP contribution in [0.25, 0.3) is 0 Å². The molecule has 3 nitrogen and oxygen atoms in total. The number of carbonyl (C=O) groups is 1. The molecule has 1 fully saturated rings. The molecule has 2 atom stereocenters. The van der Waals surface area contributed by atoms with E-state index < -0.39 is 11.5 Å². The van der Waals surface area contributed by atoms with E-state index in [9.17, 15) is 4.79 Å². The van der Waals surface area contributed by atoms with Crippen LogP contribution < -0.4 is 5.73 Å². The Hall–Kier alpha value is -0.570. The average Bonchev–Trinajstić information content (AvgIpc) is 2.17. The van der Waals surface area contributed by atoms with E-state index in [2.05, 4.69) is 0 Å². The second-order valence-corrected chi connectivity index (χ2v) is 2.45. The molecule has 3 N–H and O–H groups in total. The number of hydrogen-bond donors (Lipinski definition) is 2. The van der Waals surface area contributed by atoms with E-state index in [0.29, 0.717) is 6.42 Å². The van der Waals surface area contributed by atoms with Crippen LogP contribution in [0.1, 0.15) is 13.3 Å². The van der Waals surface area contributed by atoms with Gasteiger partial charge >= 0.3 is 5.97 Å². The highest BCUT2D eigenvalue weighted by Crippen LogP contribution is 2.40. The minimum atomic E-state index is -0.875. The molecule has 3 heteroatoms. The van der Waals surface area contributed by atoms with E-state index in [1.165, 1.54) is 0 Å². The van der Waals surface area contributed by atoms with Crippen LogP contribution in [-0.4, -0.2) is 16.6 Å². The summed E-state index contributed by atoms with van der Waals surface area (Å²) in [5.74, 6) is -0.704. The summed E-state index contributed by atoms with van der Waals surface area (Å²) in [4.78, 5) is 10.2. The molecule has 46 valence electrons. The Morgan fingerprint density at radius 3 is 2.38 bits per heavy atom. The van der Waals surface area contributed by atoms with E-state index >= 15 is 0 Å². The minimum absolute atomic E-state index is 0.167. The fourth-order valence-electron chi connectivity index (χ4n) is 0.746. The van der Waals surface area contributed by atoms with Crippen molar-refractivity contribution < 1.29 is 9.90 Å². The zero-order valence-electron chi connectivity index (χ0n) is 4.72. The Morgan fingerprint density at radius 1 is 2.00 bits per heavy atom. The minimum Gasteiger partial charge on any atom is -0.480 e. The van der Waals surface area contributed by atoms with Crippen LogP contribution >= 0.6 is 0 Å². The Kier molecular flexibility index (Phi) is 0.854. The van der Waals surface area contributed by atoms with Crippen molar-refractivity contribution in [2.45, 2.75) is 18.9 Å². The molecular formula is C5H9NO2. The lowest BCUT2D eigenvalue weighted by atomic mass is 10.2. The van der Waals surface area contributed by atoms with Crippen molar-refractivity contribution in [2.75, 3.05) is 0 Å². The number of aliphatic carboxylic acids is 1. The van der Waals surface area contributed by atoms with Gasteiger partial charge in [-0.25, -0.2) is 0 Å². The highest BCUT2D eigenvalue weighted by molar-refractivity contribution is 5.82. The second kappa shape index (κ2) is 1.23. The van der Waals surface area contributed by atoms with Crippen LogP contribution in [-0.2, 0) is 4.79 Å². The van der Waals surface area contributed by atoms with Gasteiger partial charge in [-0.05, 0) is 12.3 Å². The topological polar surface area (TPSA) is 63.3 Å². The van der Waals surface area contributed by atoms with Gasteiger partial charge in [-0.2, -0.15) is 0 Å². The molecule has 0 saturated heterocycles. The largest absolute Gasteiger partial charge is 0.480 e. The highest BCUT2D eigenvalue weighted by atomic mass is 16.4. The third kappa shape index (κ3) is 0.512. The lowest BCUT2D eigenvalue weighted by Gasteiger charge is -1.98. The zero-order valence-corrected chi connectivity index (χ0v) is 4.72. The standard InChI is InChI=1S/C5H9NO2/c1-3-2-5(3,6)4(7)8/h3H,2,6H2,1H3,(H,7,8)/t3?,5-/m0/s1. The van der Waals surface area contributed by atoms with Gasteiger partial charge in [0, 0.05) is 0 Å². The SMILES string of the molecule is CC1C[C@@]1(N)C(=O)O. The van der Waals surface area contributed by atoms with Gasteiger partial charge in [0.1, 0.15) is 5.54 Å². The summed E-state index contributed by atoms with van der Waals surface area (Å²) in [6.45, 7) is 1.84. The van der Waals surface area contributed by atoms with Crippen molar-refractivity contribution in [2.24, 2.45) is 11.7 Å². The Bertz CT molecular complexity index is 134. The number of rotatable bonds is 1. The molecule has 1 rings (SSSR count). The lowest BCUT2D eigenvalue weighted by molar-refractivity contribution is -0.140. The molecule has 8 heavy (non-hydrogen) atoms. The summed E-state index contributed by atoms with van der Waals surface area (Å²) in [6.07, 6.45) is 0.627. The molecule has 0 aromatic rings. The van der Waals surface area contributed by atoms with Crippen LogP contribution in [0, 0.1) is 5.92 Å². The Balaban J connectivity index is 2.60. The van der Waals surface area contributed by atoms with Gasteiger partial charge in [0.25, 0.3) is 0 Å². The van der Waals surface area contributed by atoms with Crippen molar-refractivity contribution in [3.63, 3.8) is 0 Å². The first-order valence-electron chi connectivity index (χ1n) is 2.59. The van der Waals surface area contributed by atoms with E-state index in [4.69, 9.17) is 10.8 Å². The number of nitrogens with two attached hydrogens (primary N) is 1. The summed E-state index contributed by atoms with van der Waals surface area (Å²) in [5.41, 5.74) is 4.46. The van der Waals surface area contributed by atoms with Crippen LogP contribution in [0.3, 0.4) is 0 Å². The summed E-state index contributed by atoms with van der Waals surface area (Å²) in [6, 6.07) is 0. The molecular weight excluding hydrogens is 106 g/mol. The van der Waals surface area contributed by atoms with Crippen LogP contribution in [0.4, 0.5) is 0 Å². The molecule has 0 aromatic heterocycles. The lowest BCUT2D eigenvalue weighted by Crippen LogP contribution is -2.34. The van der Waals surface area contributed by atoms with Gasteiger partial charge in [0.2, 0.25) is 0 Å². The van der Waals surface area contributed by atoms with Crippen molar-refractivity contribution in [1.29, 1.82) is 0 Å². The van der Waals surface area contributed by atoms with Crippen molar-refractivity contribution in [1.82, 2.24) is 0 Å². The monoisotopic (exact) mass is 115 g/mol. The van der Waals surface area contributed by atoms with Crippen molar-refractivity contribution in [3.05, 3.63) is 0 Å². The fraction of sp³-hybridized carbons (Fsp3) is 0.800. The predicted octanol–water partition coefficient (Wildman–Crippen LogP) is -0.192. The zero-order chi connectivity index (χ0) is 6.36. The number of carboxylic acid groups (broad SMARTS) is 1. The molecule has 0 aliphatic heterocycles. The third-order valence-corrected chi connectivity index (χ3v) is 1.76. The van der Waals surface area contributed by atoms with Gasteiger partial charge in [-0.1, -0.05) is 6.92 Å². The first kappa shape index (κ1) is 5.56. The first-order chi connectivity index (χ1) is 3.57. The van der Waals surface area contributed by atoms with Gasteiger partial charge in [-0.15, -0.1) is 0 Å². The molecule has 0 radical (unpaired) electrons. The number of carboxylic acids is 1. The molecule has 0 spiro atoms. The molecule has 1 aliphatic rings. The molecule has 0 heterocycles. The van der Waals surface area contributed by atoms with Crippen molar-refractivity contribution >= 4 is 5.97 Å². The summed E-state index contributed by atoms with van der Waals surface area (Å²) in [5, 5.41) is 8.36. The van der Waals surface area contributed by atoms with Gasteiger partial charge in [0.15, 0.2) is 0 Å². The summed E-state index contributed by atoms with van der Waals surface area (Å²) < 4.78 is 0. The van der Waals surface area contributed by atoms with E-state index in [0.717, 1.165) is 0 Å². The Morgan fingerprint density at radius 2 is 2.38 bits per heavy atom. The average molecular weight is 115 g/mol. The normalized spacial score (nSPS) is 44.0. The van der Waals surface area contributed by atoms with E-state index in [-0.39, 0.29) is 5.92 Å². The first-order valence-corrected chi connectivity index (χ1v) is 2.59. The van der Waals surface area contributed by atoms with E-state index in [1.807, 2.05) is 6.92 Å². The maximum atomic E-state index is 10.2.